The number of pyridine rings is 1. The van der Waals surface area contributed by atoms with E-state index >= 15 is 0 Å². The highest BCUT2D eigenvalue weighted by molar-refractivity contribution is 6.31. The minimum absolute atomic E-state index is 0.137. The van der Waals surface area contributed by atoms with Crippen molar-refractivity contribution < 1.29 is 13.2 Å². The number of halogens is 3. The highest BCUT2D eigenvalue weighted by Gasteiger charge is 2.44. The summed E-state index contributed by atoms with van der Waals surface area (Å²) in [5.41, 5.74) is 5.33. The molecule has 1 unspecified atom stereocenters. The van der Waals surface area contributed by atoms with Crippen LogP contribution in [0.25, 0.3) is 0 Å². The van der Waals surface area contributed by atoms with Crippen molar-refractivity contribution in [3.8, 4) is 0 Å². The Morgan fingerprint density at radius 3 is 2.74 bits per heavy atom. The lowest BCUT2D eigenvalue weighted by atomic mass is 9.92. The number of hydrogen-bond donors (Lipinski definition) is 2. The van der Waals surface area contributed by atoms with E-state index < -0.39 is 11.7 Å². The smallest absolute Gasteiger partial charge is 0.248 e. The quantitative estimate of drug-likeness (QED) is 0.726. The highest BCUT2D eigenvalue weighted by Crippen LogP contribution is 2.45. The van der Waals surface area contributed by atoms with Crippen LogP contribution >= 0.6 is 0 Å². The maximum Gasteiger partial charge on any atom is 0.248 e. The van der Waals surface area contributed by atoms with Crippen LogP contribution in [0.5, 0.6) is 0 Å². The second-order valence-electron chi connectivity index (χ2n) is 9.29. The molecule has 6 rings (SSSR count). The molecule has 0 radical (unpaired) electrons. The number of allylic oxidation sites excluding steroid dienone is 2. The monoisotopic (exact) mass is 427 g/mol. The Labute approximate surface area is 178 Å². The van der Waals surface area contributed by atoms with E-state index in [1.165, 1.54) is 11.6 Å². The molecule has 5 nitrogen and oxygen atoms in total. The van der Waals surface area contributed by atoms with Gasteiger partial charge >= 0.3 is 0 Å². The molecule has 0 aromatic carbocycles. The number of nitrogens with zero attached hydrogens (tertiary/aromatic N) is 3. The summed E-state index contributed by atoms with van der Waals surface area (Å²) in [6.45, 7) is 0. The number of rotatable bonds is 5. The Morgan fingerprint density at radius 2 is 2.00 bits per heavy atom. The van der Waals surface area contributed by atoms with Crippen molar-refractivity contribution in [3.05, 3.63) is 46.7 Å². The van der Waals surface area contributed by atoms with Gasteiger partial charge in [-0.2, -0.15) is 0 Å². The molecule has 8 heteroatoms. The first-order chi connectivity index (χ1) is 14.9. The molecule has 0 spiro atoms. The van der Waals surface area contributed by atoms with Crippen molar-refractivity contribution in [2.45, 2.75) is 69.4 Å². The van der Waals surface area contributed by atoms with E-state index in [1.807, 2.05) is 6.20 Å². The van der Waals surface area contributed by atoms with E-state index in [0.717, 1.165) is 47.6 Å². The average Bonchev–Trinajstić information content (AvgIpc) is 3.61. The molecule has 1 aromatic heterocycles. The molecule has 3 heterocycles. The van der Waals surface area contributed by atoms with E-state index in [1.54, 1.807) is 6.20 Å². The molecule has 0 saturated heterocycles. The fraction of sp³-hybridized carbons (Fsp3) is 0.522. The lowest BCUT2D eigenvalue weighted by molar-refractivity contribution is -0.0361. The number of alkyl halides is 2. The van der Waals surface area contributed by atoms with Gasteiger partial charge in [0, 0.05) is 49.3 Å². The number of hydrogen-bond acceptors (Lipinski definition) is 5. The molecule has 31 heavy (non-hydrogen) atoms. The third-order valence-electron chi connectivity index (χ3n) is 6.69. The van der Waals surface area contributed by atoms with Crippen molar-refractivity contribution in [2.24, 2.45) is 15.9 Å². The highest BCUT2D eigenvalue weighted by atomic mass is 19.3. The van der Waals surface area contributed by atoms with Gasteiger partial charge < -0.3 is 10.6 Å². The predicted molar refractivity (Wildman–Crippen MR) is 113 cm³/mol. The van der Waals surface area contributed by atoms with Gasteiger partial charge in [-0.3, -0.25) is 4.99 Å². The number of nitrogens with one attached hydrogen (secondary N) is 2. The Bertz CT molecular complexity index is 1060. The van der Waals surface area contributed by atoms with Gasteiger partial charge in [-0.25, -0.2) is 23.1 Å². The summed E-state index contributed by atoms with van der Waals surface area (Å²) in [6.07, 6.45) is 7.77. The zero-order chi connectivity index (χ0) is 21.2. The Kier molecular flexibility index (Phi) is 4.27. The molecule has 3 aliphatic carbocycles. The van der Waals surface area contributed by atoms with Crippen molar-refractivity contribution in [1.29, 1.82) is 0 Å². The summed E-state index contributed by atoms with van der Waals surface area (Å²) in [5.74, 6) is -1.67. The first-order valence-corrected chi connectivity index (χ1v) is 11.1. The molecule has 0 bridgehead atoms. The summed E-state index contributed by atoms with van der Waals surface area (Å²) >= 11 is 0. The van der Waals surface area contributed by atoms with Gasteiger partial charge in [-0.1, -0.05) is 0 Å². The van der Waals surface area contributed by atoms with Gasteiger partial charge in [0.2, 0.25) is 5.92 Å². The zero-order valence-corrected chi connectivity index (χ0v) is 17.1. The van der Waals surface area contributed by atoms with Crippen LogP contribution in [0.2, 0.25) is 0 Å². The second kappa shape index (κ2) is 6.93. The van der Waals surface area contributed by atoms with Crippen LogP contribution in [0.15, 0.2) is 45.3 Å². The van der Waals surface area contributed by atoms with Gasteiger partial charge in [0.1, 0.15) is 5.84 Å². The Morgan fingerprint density at radius 1 is 1.19 bits per heavy atom. The van der Waals surface area contributed by atoms with Gasteiger partial charge in [-0.15, -0.1) is 0 Å². The molecule has 3 fully saturated rings. The molecular formula is C23H24F3N5. The van der Waals surface area contributed by atoms with Crippen LogP contribution in [0, 0.1) is 11.7 Å². The molecule has 1 atom stereocenters. The van der Waals surface area contributed by atoms with E-state index in [2.05, 4.69) is 20.6 Å². The van der Waals surface area contributed by atoms with Gasteiger partial charge in [0.15, 0.2) is 11.6 Å². The second-order valence-corrected chi connectivity index (χ2v) is 9.29. The predicted octanol–water partition coefficient (Wildman–Crippen LogP) is 4.53. The SMILES string of the molecule is Fc1cc(CC2=C3C(=NC=C4CC4C3=NC3CC3)N2)cnc1NC1CCC(F)(F)CC1. The van der Waals surface area contributed by atoms with Gasteiger partial charge in [0.05, 0.1) is 17.3 Å². The Hall–Kier alpha value is -2.64. The number of aromatic nitrogens is 1. The zero-order valence-electron chi connectivity index (χ0n) is 17.1. The van der Waals surface area contributed by atoms with Crippen molar-refractivity contribution in [3.63, 3.8) is 0 Å². The van der Waals surface area contributed by atoms with E-state index in [-0.39, 0.29) is 24.7 Å². The van der Waals surface area contributed by atoms with Gasteiger partial charge in [-0.05, 0) is 49.3 Å². The van der Waals surface area contributed by atoms with Crippen molar-refractivity contribution >= 4 is 17.4 Å². The largest absolute Gasteiger partial charge is 0.365 e. The van der Waals surface area contributed by atoms with Gasteiger partial charge in [0.25, 0.3) is 0 Å². The van der Waals surface area contributed by atoms with Crippen LogP contribution < -0.4 is 10.6 Å². The normalized spacial score (nSPS) is 28.0. The van der Waals surface area contributed by atoms with Crippen LogP contribution in [0.1, 0.15) is 50.5 Å². The number of fused-ring (bicyclic) bond motifs is 2. The first-order valence-electron chi connectivity index (χ1n) is 11.1. The summed E-state index contributed by atoms with van der Waals surface area (Å²) < 4.78 is 41.4. The van der Waals surface area contributed by atoms with Crippen LogP contribution in [-0.4, -0.2) is 34.5 Å². The maximum atomic E-state index is 14.7. The fourth-order valence-corrected chi connectivity index (χ4v) is 4.58. The van der Waals surface area contributed by atoms with E-state index in [9.17, 15) is 13.2 Å². The Balaban J connectivity index is 1.18. The third-order valence-corrected chi connectivity index (χ3v) is 6.69. The number of amidine groups is 1. The topological polar surface area (TPSA) is 61.7 Å². The number of aliphatic imine (C=N–C) groups is 2. The van der Waals surface area contributed by atoms with Crippen molar-refractivity contribution in [2.75, 3.05) is 5.32 Å². The minimum Gasteiger partial charge on any atom is -0.365 e. The molecule has 2 aliphatic heterocycles. The number of anilines is 1. The first kappa shape index (κ1) is 19.1. The molecule has 5 aliphatic rings. The van der Waals surface area contributed by atoms with Crippen LogP contribution in [-0.2, 0) is 6.42 Å². The third kappa shape index (κ3) is 3.77. The lowest BCUT2D eigenvalue weighted by Gasteiger charge is -2.29. The van der Waals surface area contributed by atoms with Crippen LogP contribution in [0.3, 0.4) is 0 Å². The molecule has 2 N–H and O–H groups in total. The fourth-order valence-electron chi connectivity index (χ4n) is 4.58. The summed E-state index contributed by atoms with van der Waals surface area (Å²) in [7, 11) is 0. The van der Waals surface area contributed by atoms with E-state index in [4.69, 9.17) is 4.99 Å². The lowest BCUT2D eigenvalue weighted by Crippen LogP contribution is -2.42. The summed E-state index contributed by atoms with van der Waals surface area (Å²) in [6, 6.07) is 1.75. The van der Waals surface area contributed by atoms with Crippen molar-refractivity contribution in [1.82, 2.24) is 10.3 Å². The summed E-state index contributed by atoms with van der Waals surface area (Å²) in [5, 5.41) is 6.31. The van der Waals surface area contributed by atoms with Crippen LogP contribution in [0.4, 0.5) is 19.0 Å². The molecule has 162 valence electrons. The maximum absolute atomic E-state index is 14.7. The average molecular weight is 427 g/mol. The minimum atomic E-state index is -2.60. The molecular weight excluding hydrogens is 403 g/mol. The summed E-state index contributed by atoms with van der Waals surface area (Å²) in [4.78, 5) is 13.7. The molecule has 0 amide bonds. The van der Waals surface area contributed by atoms with E-state index in [0.29, 0.717) is 31.2 Å². The molecule has 1 aromatic rings. The molecule has 3 saturated carbocycles. The standard InChI is InChI=1S/C23H24F3N5/c24-17-7-12(10-27-21(17)30-15-3-5-23(25,26)6-4-15)8-18-19-20(29-14-1-2-14)16-9-13(16)11-28-22(19)31-18/h7,10-11,14-16H,1-6,8-9H2,(H,27,30)(H,28,31).